The van der Waals surface area contributed by atoms with E-state index in [1.807, 2.05) is 30.3 Å². The molecule has 0 fully saturated rings. The maximum atomic E-state index is 10.7. The minimum atomic E-state index is 0.592. The summed E-state index contributed by atoms with van der Waals surface area (Å²) < 4.78 is 6.47. The lowest BCUT2D eigenvalue weighted by Crippen LogP contribution is -1.87. The number of aldehydes is 1. The summed E-state index contributed by atoms with van der Waals surface area (Å²) in [6, 6.07) is 14.7. The van der Waals surface area contributed by atoms with Crippen molar-refractivity contribution in [3.63, 3.8) is 0 Å². The molecule has 0 aliphatic heterocycles. The van der Waals surface area contributed by atoms with Crippen LogP contribution in [0.1, 0.15) is 10.4 Å². The predicted molar refractivity (Wildman–Crippen MR) is 66.0 cm³/mol. The van der Waals surface area contributed by atoms with Crippen molar-refractivity contribution in [2.75, 3.05) is 0 Å². The van der Waals surface area contributed by atoms with Gasteiger partial charge in [-0.15, -0.1) is 0 Å². The number of rotatable bonds is 3. The summed E-state index contributed by atoms with van der Waals surface area (Å²) in [6.45, 7) is 0. The molecule has 0 atom stereocenters. The fourth-order valence-electron chi connectivity index (χ4n) is 1.29. The first-order valence-electron chi connectivity index (χ1n) is 4.77. The van der Waals surface area contributed by atoms with Gasteiger partial charge in [-0.2, -0.15) is 0 Å². The number of halogens is 1. The van der Waals surface area contributed by atoms with E-state index in [0.29, 0.717) is 11.3 Å². The Labute approximate surface area is 102 Å². The lowest BCUT2D eigenvalue weighted by molar-refractivity contribution is 0.112. The van der Waals surface area contributed by atoms with E-state index in [4.69, 9.17) is 4.74 Å². The van der Waals surface area contributed by atoms with Gasteiger partial charge in [-0.05, 0) is 40.2 Å². The second kappa shape index (κ2) is 4.94. The molecule has 2 nitrogen and oxygen atoms in total. The smallest absolute Gasteiger partial charge is 0.150 e. The van der Waals surface area contributed by atoms with E-state index in [0.717, 1.165) is 16.5 Å². The van der Waals surface area contributed by atoms with Gasteiger partial charge in [0, 0.05) is 5.56 Å². The number of carbonyl (C=O) groups is 1. The van der Waals surface area contributed by atoms with Crippen LogP contribution in [0.3, 0.4) is 0 Å². The van der Waals surface area contributed by atoms with Crippen LogP contribution in [0.4, 0.5) is 0 Å². The highest BCUT2D eigenvalue weighted by Gasteiger charge is 2.03. The van der Waals surface area contributed by atoms with Crippen LogP contribution in [0.2, 0.25) is 0 Å². The number of hydrogen-bond acceptors (Lipinski definition) is 2. The van der Waals surface area contributed by atoms with Gasteiger partial charge in [0.2, 0.25) is 0 Å². The molecule has 0 spiro atoms. The summed E-state index contributed by atoms with van der Waals surface area (Å²) in [4.78, 5) is 10.7. The minimum Gasteiger partial charge on any atom is -0.456 e. The molecule has 2 rings (SSSR count). The van der Waals surface area contributed by atoms with Crippen molar-refractivity contribution in [1.29, 1.82) is 0 Å². The molecule has 0 aliphatic carbocycles. The summed E-state index contributed by atoms with van der Waals surface area (Å²) in [7, 11) is 0. The van der Waals surface area contributed by atoms with Crippen molar-refractivity contribution in [2.45, 2.75) is 0 Å². The third-order valence-electron chi connectivity index (χ3n) is 2.06. The fraction of sp³-hybridized carbons (Fsp3) is 0. The molecule has 16 heavy (non-hydrogen) atoms. The van der Waals surface area contributed by atoms with Crippen molar-refractivity contribution < 1.29 is 9.53 Å². The Morgan fingerprint density at radius 1 is 1.06 bits per heavy atom. The van der Waals surface area contributed by atoms with E-state index in [1.54, 1.807) is 18.2 Å². The molecule has 0 amide bonds. The zero-order chi connectivity index (χ0) is 11.4. The SMILES string of the molecule is O=Cc1ccc(Br)c(Oc2ccccc2)c1. The summed E-state index contributed by atoms with van der Waals surface area (Å²) >= 11 is 3.38. The molecule has 3 heteroatoms. The highest BCUT2D eigenvalue weighted by atomic mass is 79.9. The third-order valence-corrected chi connectivity index (χ3v) is 2.72. The molecule has 2 aromatic rings. The largest absolute Gasteiger partial charge is 0.456 e. The Morgan fingerprint density at radius 3 is 2.50 bits per heavy atom. The first-order valence-corrected chi connectivity index (χ1v) is 5.56. The number of hydrogen-bond donors (Lipinski definition) is 0. The molecule has 0 unspecified atom stereocenters. The van der Waals surface area contributed by atoms with Gasteiger partial charge in [-0.3, -0.25) is 4.79 Å². The molecule has 0 aromatic heterocycles. The molecule has 0 saturated heterocycles. The lowest BCUT2D eigenvalue weighted by Gasteiger charge is -2.07. The zero-order valence-electron chi connectivity index (χ0n) is 8.39. The third kappa shape index (κ3) is 2.49. The van der Waals surface area contributed by atoms with Gasteiger partial charge < -0.3 is 4.74 Å². The highest BCUT2D eigenvalue weighted by Crippen LogP contribution is 2.30. The van der Waals surface area contributed by atoms with Gasteiger partial charge in [0.15, 0.2) is 0 Å². The van der Waals surface area contributed by atoms with Crippen LogP contribution in [0.5, 0.6) is 11.5 Å². The summed E-state index contributed by atoms with van der Waals surface area (Å²) in [5, 5.41) is 0. The van der Waals surface area contributed by atoms with E-state index in [9.17, 15) is 4.79 Å². The Balaban J connectivity index is 2.30. The Hall–Kier alpha value is -1.61. The first kappa shape index (κ1) is 10.9. The standard InChI is InChI=1S/C13H9BrO2/c14-12-7-6-10(9-15)8-13(12)16-11-4-2-1-3-5-11/h1-9H. The molecule has 0 radical (unpaired) electrons. The Bertz CT molecular complexity index is 495. The quantitative estimate of drug-likeness (QED) is 0.791. The van der Waals surface area contributed by atoms with Gasteiger partial charge in [0.25, 0.3) is 0 Å². The summed E-state index contributed by atoms with van der Waals surface area (Å²) in [6.07, 6.45) is 0.796. The van der Waals surface area contributed by atoms with Gasteiger partial charge in [0.05, 0.1) is 4.47 Å². The number of carbonyl (C=O) groups excluding carboxylic acids is 1. The van der Waals surface area contributed by atoms with Crippen molar-refractivity contribution in [1.82, 2.24) is 0 Å². The molecular weight excluding hydrogens is 268 g/mol. The van der Waals surface area contributed by atoms with Crippen molar-refractivity contribution in [3.8, 4) is 11.5 Å². The number of ether oxygens (including phenoxy) is 1. The molecule has 0 bridgehead atoms. The Kier molecular flexibility index (Phi) is 3.37. The summed E-state index contributed by atoms with van der Waals surface area (Å²) in [5.41, 5.74) is 0.592. The minimum absolute atomic E-state index is 0.592. The van der Waals surface area contributed by atoms with Crippen LogP contribution in [-0.4, -0.2) is 6.29 Å². The first-order chi connectivity index (χ1) is 7.79. The lowest BCUT2D eigenvalue weighted by atomic mass is 10.2. The van der Waals surface area contributed by atoms with Gasteiger partial charge in [0.1, 0.15) is 17.8 Å². The molecule has 0 N–H and O–H groups in total. The van der Waals surface area contributed by atoms with E-state index in [-0.39, 0.29) is 0 Å². The Morgan fingerprint density at radius 2 is 1.81 bits per heavy atom. The molecule has 2 aromatic carbocycles. The van der Waals surface area contributed by atoms with Gasteiger partial charge in [-0.1, -0.05) is 24.3 Å². The van der Waals surface area contributed by atoms with Crippen molar-refractivity contribution >= 4 is 22.2 Å². The topological polar surface area (TPSA) is 26.3 Å². The van der Waals surface area contributed by atoms with E-state index >= 15 is 0 Å². The van der Waals surface area contributed by atoms with Crippen LogP contribution >= 0.6 is 15.9 Å². The van der Waals surface area contributed by atoms with E-state index in [2.05, 4.69) is 15.9 Å². The van der Waals surface area contributed by atoms with Crippen molar-refractivity contribution in [3.05, 3.63) is 58.6 Å². The molecular formula is C13H9BrO2. The van der Waals surface area contributed by atoms with Gasteiger partial charge in [-0.25, -0.2) is 0 Å². The highest BCUT2D eigenvalue weighted by molar-refractivity contribution is 9.10. The molecule has 0 aliphatic rings. The maximum Gasteiger partial charge on any atom is 0.150 e. The summed E-state index contributed by atoms with van der Waals surface area (Å²) in [5.74, 6) is 1.38. The molecule has 0 heterocycles. The second-order valence-electron chi connectivity index (χ2n) is 3.22. The molecule has 80 valence electrons. The van der Waals surface area contributed by atoms with Crippen LogP contribution in [0.15, 0.2) is 53.0 Å². The predicted octanol–water partition coefficient (Wildman–Crippen LogP) is 4.05. The van der Waals surface area contributed by atoms with E-state index in [1.165, 1.54) is 0 Å². The van der Waals surface area contributed by atoms with E-state index < -0.39 is 0 Å². The average Bonchev–Trinajstić information content (AvgIpc) is 2.33. The zero-order valence-corrected chi connectivity index (χ0v) is 9.98. The van der Waals surface area contributed by atoms with Crippen LogP contribution < -0.4 is 4.74 Å². The number of benzene rings is 2. The fourth-order valence-corrected chi connectivity index (χ4v) is 1.61. The number of para-hydroxylation sites is 1. The van der Waals surface area contributed by atoms with Gasteiger partial charge >= 0.3 is 0 Å². The molecule has 0 saturated carbocycles. The van der Waals surface area contributed by atoms with Crippen LogP contribution in [0, 0.1) is 0 Å². The normalized spacial score (nSPS) is 9.81. The van der Waals surface area contributed by atoms with Crippen LogP contribution in [-0.2, 0) is 0 Å². The second-order valence-corrected chi connectivity index (χ2v) is 4.08. The maximum absolute atomic E-state index is 10.7. The van der Waals surface area contributed by atoms with Crippen molar-refractivity contribution in [2.24, 2.45) is 0 Å². The average molecular weight is 277 g/mol. The monoisotopic (exact) mass is 276 g/mol. The van der Waals surface area contributed by atoms with Crippen LogP contribution in [0.25, 0.3) is 0 Å².